The van der Waals surface area contributed by atoms with Crippen molar-refractivity contribution in [2.45, 2.75) is 33.4 Å². The number of rotatable bonds is 8. The molecule has 0 saturated carbocycles. The van der Waals surface area contributed by atoms with Crippen molar-refractivity contribution in [3.8, 4) is 11.5 Å². The summed E-state index contributed by atoms with van der Waals surface area (Å²) < 4.78 is 16.0. The lowest BCUT2D eigenvalue weighted by atomic mass is 10.1. The molecule has 1 unspecified atom stereocenters. The van der Waals surface area contributed by atoms with E-state index >= 15 is 0 Å². The zero-order chi connectivity index (χ0) is 15.0. The Morgan fingerprint density at radius 3 is 2.70 bits per heavy atom. The smallest absolute Gasteiger partial charge is 0.346 e. The minimum absolute atomic E-state index is 0.411. The van der Waals surface area contributed by atoms with Gasteiger partial charge in [0.1, 0.15) is 0 Å². The van der Waals surface area contributed by atoms with E-state index in [2.05, 4.69) is 10.1 Å². The van der Waals surface area contributed by atoms with Crippen molar-refractivity contribution >= 4 is 5.97 Å². The van der Waals surface area contributed by atoms with Crippen molar-refractivity contribution < 1.29 is 19.0 Å². The van der Waals surface area contributed by atoms with E-state index < -0.39 is 12.1 Å². The lowest BCUT2D eigenvalue weighted by Crippen LogP contribution is -2.26. The minimum atomic E-state index is -0.679. The van der Waals surface area contributed by atoms with Gasteiger partial charge in [0.25, 0.3) is 0 Å². The summed E-state index contributed by atoms with van der Waals surface area (Å²) in [4.78, 5) is 11.5. The summed E-state index contributed by atoms with van der Waals surface area (Å²) in [7, 11) is 1.34. The molecule has 112 valence electrons. The predicted octanol–water partition coefficient (Wildman–Crippen LogP) is 2.14. The number of hydrogen-bond donors (Lipinski definition) is 1. The SMILES string of the molecule is CCNCc1cccc(OCC)c1OC(C)C(=O)OC. The zero-order valence-corrected chi connectivity index (χ0v) is 12.6. The van der Waals surface area contributed by atoms with Crippen LogP contribution < -0.4 is 14.8 Å². The number of nitrogens with one attached hydrogen (secondary N) is 1. The zero-order valence-electron chi connectivity index (χ0n) is 12.6. The molecule has 1 rings (SSSR count). The number of hydrogen-bond acceptors (Lipinski definition) is 5. The molecule has 0 bridgehead atoms. The van der Waals surface area contributed by atoms with Crippen LogP contribution in [0.1, 0.15) is 26.3 Å². The molecular formula is C15H23NO4. The maximum atomic E-state index is 11.5. The summed E-state index contributed by atoms with van der Waals surface area (Å²) in [6, 6.07) is 5.69. The normalized spacial score (nSPS) is 11.8. The summed E-state index contributed by atoms with van der Waals surface area (Å²) >= 11 is 0. The van der Waals surface area contributed by atoms with E-state index in [1.165, 1.54) is 7.11 Å². The van der Waals surface area contributed by atoms with Gasteiger partial charge >= 0.3 is 5.97 Å². The summed E-state index contributed by atoms with van der Waals surface area (Å²) in [5, 5.41) is 3.24. The Morgan fingerprint density at radius 2 is 2.10 bits per heavy atom. The van der Waals surface area contributed by atoms with Crippen LogP contribution >= 0.6 is 0 Å². The maximum Gasteiger partial charge on any atom is 0.346 e. The fraction of sp³-hybridized carbons (Fsp3) is 0.533. The van der Waals surface area contributed by atoms with Crippen LogP contribution in [0.3, 0.4) is 0 Å². The number of benzene rings is 1. The first kappa shape index (κ1) is 16.3. The molecule has 5 heteroatoms. The van der Waals surface area contributed by atoms with Gasteiger partial charge < -0.3 is 19.5 Å². The van der Waals surface area contributed by atoms with Crippen molar-refractivity contribution in [1.29, 1.82) is 0 Å². The van der Waals surface area contributed by atoms with Gasteiger partial charge in [-0.05, 0) is 26.5 Å². The van der Waals surface area contributed by atoms with Gasteiger partial charge in [-0.3, -0.25) is 0 Å². The van der Waals surface area contributed by atoms with Gasteiger partial charge in [-0.2, -0.15) is 0 Å². The van der Waals surface area contributed by atoms with Crippen molar-refractivity contribution in [3.05, 3.63) is 23.8 Å². The van der Waals surface area contributed by atoms with E-state index in [-0.39, 0.29) is 0 Å². The third-order valence-corrected chi connectivity index (χ3v) is 2.75. The summed E-state index contributed by atoms with van der Waals surface area (Å²) in [5.41, 5.74) is 0.952. The highest BCUT2D eigenvalue weighted by atomic mass is 16.6. The molecule has 0 heterocycles. The molecule has 0 spiro atoms. The Hall–Kier alpha value is -1.75. The molecule has 0 radical (unpaired) electrons. The maximum absolute atomic E-state index is 11.5. The van der Waals surface area contributed by atoms with Crippen molar-refractivity contribution in [3.63, 3.8) is 0 Å². The van der Waals surface area contributed by atoms with Crippen LogP contribution in [-0.2, 0) is 16.1 Å². The lowest BCUT2D eigenvalue weighted by molar-refractivity contribution is -0.147. The minimum Gasteiger partial charge on any atom is -0.490 e. The number of esters is 1. The molecule has 0 saturated heterocycles. The Balaban J connectivity index is 3.00. The molecule has 1 N–H and O–H groups in total. The Morgan fingerprint density at radius 1 is 1.35 bits per heavy atom. The lowest BCUT2D eigenvalue weighted by Gasteiger charge is -2.19. The van der Waals surface area contributed by atoms with Gasteiger partial charge in [-0.15, -0.1) is 0 Å². The van der Waals surface area contributed by atoms with Crippen LogP contribution in [0.25, 0.3) is 0 Å². The number of methoxy groups -OCH3 is 1. The summed E-state index contributed by atoms with van der Waals surface area (Å²) in [6.07, 6.45) is -0.679. The van der Waals surface area contributed by atoms with Crippen LogP contribution in [0.5, 0.6) is 11.5 Å². The first-order chi connectivity index (χ1) is 9.63. The molecule has 0 fully saturated rings. The van der Waals surface area contributed by atoms with Gasteiger partial charge in [0, 0.05) is 12.1 Å². The third kappa shape index (κ3) is 4.42. The monoisotopic (exact) mass is 281 g/mol. The third-order valence-electron chi connectivity index (χ3n) is 2.75. The second-order valence-electron chi connectivity index (χ2n) is 4.24. The van der Waals surface area contributed by atoms with Gasteiger partial charge in [0.05, 0.1) is 13.7 Å². The van der Waals surface area contributed by atoms with E-state index in [1.54, 1.807) is 6.92 Å². The molecule has 0 aliphatic rings. The first-order valence-electron chi connectivity index (χ1n) is 6.83. The molecule has 0 aromatic heterocycles. The highest BCUT2D eigenvalue weighted by molar-refractivity contribution is 5.74. The van der Waals surface area contributed by atoms with Crippen LogP contribution in [-0.4, -0.2) is 32.3 Å². The van der Waals surface area contributed by atoms with Gasteiger partial charge in [-0.25, -0.2) is 4.79 Å². The molecule has 0 aliphatic carbocycles. The van der Waals surface area contributed by atoms with Gasteiger partial charge in [0.2, 0.25) is 0 Å². The molecule has 5 nitrogen and oxygen atoms in total. The molecule has 0 aliphatic heterocycles. The summed E-state index contributed by atoms with van der Waals surface area (Å²) in [5.74, 6) is 0.817. The largest absolute Gasteiger partial charge is 0.490 e. The first-order valence-corrected chi connectivity index (χ1v) is 6.83. The molecular weight excluding hydrogens is 258 g/mol. The summed E-state index contributed by atoms with van der Waals surface area (Å²) in [6.45, 7) is 7.64. The average molecular weight is 281 g/mol. The number of para-hydroxylation sites is 1. The number of carbonyl (C=O) groups is 1. The van der Waals surface area contributed by atoms with E-state index in [1.807, 2.05) is 32.0 Å². The Bertz CT molecular complexity index is 434. The topological polar surface area (TPSA) is 56.8 Å². The van der Waals surface area contributed by atoms with Crippen molar-refractivity contribution in [2.24, 2.45) is 0 Å². The fourth-order valence-corrected chi connectivity index (χ4v) is 1.75. The Kier molecular flexibility index (Phi) is 6.87. The predicted molar refractivity (Wildman–Crippen MR) is 77.1 cm³/mol. The number of ether oxygens (including phenoxy) is 3. The molecule has 20 heavy (non-hydrogen) atoms. The fourth-order valence-electron chi connectivity index (χ4n) is 1.75. The average Bonchev–Trinajstić information content (AvgIpc) is 2.46. The van der Waals surface area contributed by atoms with Gasteiger partial charge in [0.15, 0.2) is 17.6 Å². The highest BCUT2D eigenvalue weighted by Crippen LogP contribution is 2.32. The van der Waals surface area contributed by atoms with E-state index in [9.17, 15) is 4.79 Å². The molecule has 1 aromatic carbocycles. The van der Waals surface area contributed by atoms with Crippen LogP contribution in [0.2, 0.25) is 0 Å². The van der Waals surface area contributed by atoms with E-state index in [0.717, 1.165) is 12.1 Å². The second kappa shape index (κ2) is 8.43. The quantitative estimate of drug-likeness (QED) is 0.740. The van der Waals surface area contributed by atoms with Crippen LogP contribution in [0.4, 0.5) is 0 Å². The number of carbonyl (C=O) groups excluding carboxylic acids is 1. The molecule has 1 aromatic rings. The standard InChI is InChI=1S/C15H23NO4/c1-5-16-10-12-8-7-9-13(19-6-2)14(12)20-11(3)15(17)18-4/h7-9,11,16H,5-6,10H2,1-4H3. The van der Waals surface area contributed by atoms with E-state index in [4.69, 9.17) is 9.47 Å². The van der Waals surface area contributed by atoms with Crippen molar-refractivity contribution in [1.82, 2.24) is 5.32 Å². The van der Waals surface area contributed by atoms with Crippen LogP contribution in [0.15, 0.2) is 18.2 Å². The van der Waals surface area contributed by atoms with Gasteiger partial charge in [-0.1, -0.05) is 19.1 Å². The second-order valence-corrected chi connectivity index (χ2v) is 4.24. The van der Waals surface area contributed by atoms with Crippen LogP contribution in [0, 0.1) is 0 Å². The molecule has 1 atom stereocenters. The van der Waals surface area contributed by atoms with Crippen molar-refractivity contribution in [2.75, 3.05) is 20.3 Å². The Labute approximate surface area is 120 Å². The highest BCUT2D eigenvalue weighted by Gasteiger charge is 2.19. The van der Waals surface area contributed by atoms with E-state index in [0.29, 0.717) is 24.7 Å². The molecule has 0 amide bonds.